The summed E-state index contributed by atoms with van der Waals surface area (Å²) in [7, 11) is 0. The number of thioether (sulfide) groups is 1. The van der Waals surface area contributed by atoms with E-state index in [1.165, 1.54) is 30.3 Å². The van der Waals surface area contributed by atoms with E-state index in [2.05, 4.69) is 0 Å². The summed E-state index contributed by atoms with van der Waals surface area (Å²) >= 11 is 0.259. The van der Waals surface area contributed by atoms with E-state index in [-0.39, 0.29) is 16.7 Å². The quantitative estimate of drug-likeness (QED) is 0.207. The molecule has 1 aromatic carbocycles. The molecule has 0 aromatic heterocycles. The van der Waals surface area contributed by atoms with Crippen molar-refractivity contribution in [2.24, 2.45) is 0 Å². The van der Waals surface area contributed by atoms with Gasteiger partial charge < -0.3 is 0 Å². The van der Waals surface area contributed by atoms with Crippen molar-refractivity contribution in [3.8, 4) is 0 Å². The first kappa shape index (κ1) is 30.4. The molecule has 18 heteroatoms. The van der Waals surface area contributed by atoms with Crippen LogP contribution in [-0.2, 0) is 0 Å². The van der Waals surface area contributed by atoms with E-state index >= 15 is 0 Å². The second-order valence-electron chi connectivity index (χ2n) is 6.56. The Hall–Kier alpha value is -1.62. The van der Waals surface area contributed by atoms with Crippen molar-refractivity contribution >= 4 is 11.8 Å². The molecule has 0 saturated heterocycles. The Morgan fingerprint density at radius 2 is 0.824 bits per heavy atom. The molecule has 0 heterocycles. The molecule has 1 aromatic rings. The van der Waals surface area contributed by atoms with Crippen LogP contribution in [0.5, 0.6) is 0 Å². The van der Waals surface area contributed by atoms with Crippen LogP contribution in [0.15, 0.2) is 35.2 Å². The SMILES string of the molecule is FC(F)(F)C(F)(F)C(F)(F)C(F)(F)C(F)(F)C(F)(F)C(F)(F)C(F)(F)CCSc1ccccc1. The number of alkyl halides is 17. The molecule has 34 heavy (non-hydrogen) atoms. The lowest BCUT2D eigenvalue weighted by Crippen LogP contribution is -2.74. The van der Waals surface area contributed by atoms with E-state index < -0.39 is 59.8 Å². The fourth-order valence-corrected chi connectivity index (χ4v) is 3.11. The second-order valence-corrected chi connectivity index (χ2v) is 7.73. The molecule has 1 rings (SSSR count). The first-order chi connectivity index (χ1) is 14.8. The van der Waals surface area contributed by atoms with Crippen LogP contribution < -0.4 is 0 Å². The molecule has 0 fully saturated rings. The summed E-state index contributed by atoms with van der Waals surface area (Å²) in [5, 5.41) is 0. The zero-order chi connectivity index (χ0) is 27.2. The Kier molecular flexibility index (Phi) is 7.87. The van der Waals surface area contributed by atoms with Gasteiger partial charge in [0, 0.05) is 17.1 Å². The number of benzene rings is 1. The topological polar surface area (TPSA) is 0 Å². The van der Waals surface area contributed by atoms with Gasteiger partial charge in [0.25, 0.3) is 0 Å². The average molecular weight is 556 g/mol. The van der Waals surface area contributed by atoms with Gasteiger partial charge in [-0.25, -0.2) is 0 Å². The summed E-state index contributed by atoms with van der Waals surface area (Å²) in [5.74, 6) is -57.2. The molecule has 0 aliphatic heterocycles. The number of halogens is 17. The second kappa shape index (κ2) is 8.80. The molecule has 0 N–H and O–H groups in total. The van der Waals surface area contributed by atoms with Gasteiger partial charge in [0.05, 0.1) is 0 Å². The van der Waals surface area contributed by atoms with Crippen LogP contribution in [0.3, 0.4) is 0 Å². The minimum absolute atomic E-state index is 0.0549. The summed E-state index contributed by atoms with van der Waals surface area (Å²) in [6.07, 6.45) is -10.2. The Morgan fingerprint density at radius 1 is 0.471 bits per heavy atom. The van der Waals surface area contributed by atoms with Crippen LogP contribution in [0.4, 0.5) is 74.6 Å². The molecule has 0 radical (unpaired) electrons. The predicted octanol–water partition coefficient (Wildman–Crippen LogP) is 8.18. The Labute approximate surface area is 182 Å². The van der Waals surface area contributed by atoms with Gasteiger partial charge in [-0.3, -0.25) is 0 Å². The van der Waals surface area contributed by atoms with Gasteiger partial charge in [0.15, 0.2) is 0 Å². The maximum atomic E-state index is 13.7. The third-order valence-electron chi connectivity index (χ3n) is 4.22. The summed E-state index contributed by atoms with van der Waals surface area (Å²) in [4.78, 5) is 0.0549. The number of hydrogen-bond acceptors (Lipinski definition) is 1. The van der Waals surface area contributed by atoms with Gasteiger partial charge in [-0.15, -0.1) is 11.8 Å². The van der Waals surface area contributed by atoms with E-state index in [0.29, 0.717) is 0 Å². The molecular weight excluding hydrogens is 547 g/mol. The molecule has 0 saturated carbocycles. The lowest BCUT2D eigenvalue weighted by atomic mass is 9.88. The third-order valence-corrected chi connectivity index (χ3v) is 5.23. The fourth-order valence-electron chi connectivity index (χ4n) is 2.17. The summed E-state index contributed by atoms with van der Waals surface area (Å²) in [5.41, 5.74) is 0. The first-order valence-electron chi connectivity index (χ1n) is 8.22. The molecule has 0 amide bonds. The maximum absolute atomic E-state index is 13.7. The van der Waals surface area contributed by atoms with Crippen LogP contribution in [0.2, 0.25) is 0 Å². The molecule has 0 atom stereocenters. The van der Waals surface area contributed by atoms with Crippen LogP contribution in [0.1, 0.15) is 6.42 Å². The largest absolute Gasteiger partial charge is 0.460 e. The average Bonchev–Trinajstić information content (AvgIpc) is 2.66. The third kappa shape index (κ3) is 4.50. The number of rotatable bonds is 10. The van der Waals surface area contributed by atoms with E-state index in [1.54, 1.807) is 0 Å². The lowest BCUT2D eigenvalue weighted by molar-refractivity contribution is -0.461. The van der Waals surface area contributed by atoms with Gasteiger partial charge in [-0.05, 0) is 12.1 Å². The van der Waals surface area contributed by atoms with Gasteiger partial charge in [0.1, 0.15) is 0 Å². The molecule has 0 aliphatic rings. The predicted molar refractivity (Wildman–Crippen MR) is 82.5 cm³/mol. The smallest absolute Gasteiger partial charge is 0.200 e. The lowest BCUT2D eigenvalue weighted by Gasteiger charge is -2.42. The normalized spacial score (nSPS) is 15.6. The number of hydrogen-bond donors (Lipinski definition) is 0. The zero-order valence-corrected chi connectivity index (χ0v) is 16.5. The van der Waals surface area contributed by atoms with E-state index in [9.17, 15) is 74.6 Å². The van der Waals surface area contributed by atoms with E-state index in [0.717, 1.165) is 0 Å². The molecular formula is C16H9F17S. The highest BCUT2D eigenvalue weighted by atomic mass is 32.2. The highest BCUT2D eigenvalue weighted by Crippen LogP contribution is 2.64. The van der Waals surface area contributed by atoms with Gasteiger partial charge in [-0.1, -0.05) is 18.2 Å². The van der Waals surface area contributed by atoms with Gasteiger partial charge >= 0.3 is 47.6 Å². The maximum Gasteiger partial charge on any atom is 0.460 e. The Balaban J connectivity index is 3.36. The van der Waals surface area contributed by atoms with Crippen molar-refractivity contribution < 1.29 is 74.6 Å². The van der Waals surface area contributed by atoms with Crippen molar-refractivity contribution in [1.82, 2.24) is 0 Å². The summed E-state index contributed by atoms with van der Waals surface area (Å²) in [6.45, 7) is 0. The van der Waals surface area contributed by atoms with Crippen LogP contribution in [-0.4, -0.2) is 53.4 Å². The van der Waals surface area contributed by atoms with Crippen molar-refractivity contribution in [1.29, 1.82) is 0 Å². The monoisotopic (exact) mass is 556 g/mol. The summed E-state index contributed by atoms with van der Waals surface area (Å²) < 4.78 is 223. The Bertz CT molecular complexity index is 828. The van der Waals surface area contributed by atoms with Gasteiger partial charge in [-0.2, -0.15) is 74.6 Å². The van der Waals surface area contributed by atoms with Crippen LogP contribution in [0, 0.1) is 0 Å². The molecule has 0 aliphatic carbocycles. The van der Waals surface area contributed by atoms with Crippen molar-refractivity contribution in [2.45, 2.75) is 59.0 Å². The highest BCUT2D eigenvalue weighted by molar-refractivity contribution is 7.99. The zero-order valence-electron chi connectivity index (χ0n) is 15.6. The van der Waals surface area contributed by atoms with Gasteiger partial charge in [0.2, 0.25) is 0 Å². The van der Waals surface area contributed by atoms with Crippen LogP contribution in [0.25, 0.3) is 0 Å². The van der Waals surface area contributed by atoms with Crippen molar-refractivity contribution in [3.63, 3.8) is 0 Å². The van der Waals surface area contributed by atoms with E-state index in [1.807, 2.05) is 0 Å². The first-order valence-corrected chi connectivity index (χ1v) is 9.21. The van der Waals surface area contributed by atoms with Crippen molar-refractivity contribution in [2.75, 3.05) is 5.75 Å². The standard InChI is InChI=1S/C16H9F17S/c17-9(18,6-7-34-8-4-2-1-3-5-8)10(19,20)11(21,22)12(23,24)13(25,26)14(27,28)15(29,30)16(31,32)33/h1-5H,6-7H2. The molecule has 198 valence electrons. The fraction of sp³-hybridized carbons (Fsp3) is 0.625. The van der Waals surface area contributed by atoms with E-state index in [4.69, 9.17) is 0 Å². The minimum Gasteiger partial charge on any atom is -0.200 e. The molecule has 0 bridgehead atoms. The summed E-state index contributed by atoms with van der Waals surface area (Å²) in [6, 6.07) is 6.36. The molecule has 0 nitrogen and oxygen atoms in total. The van der Waals surface area contributed by atoms with Crippen molar-refractivity contribution in [3.05, 3.63) is 30.3 Å². The molecule has 0 unspecified atom stereocenters. The van der Waals surface area contributed by atoms with Crippen LogP contribution >= 0.6 is 11.8 Å². The minimum atomic E-state index is -8.60. The Morgan fingerprint density at radius 3 is 1.21 bits per heavy atom. The highest BCUT2D eigenvalue weighted by Gasteiger charge is 2.95. The molecule has 0 spiro atoms.